The molecule has 0 N–H and O–H groups in total. The topological polar surface area (TPSA) is 12.5 Å². The maximum Gasteiger partial charge on any atom is 0.573 e. The molecular formula is C15H16F5NO. The molecule has 0 aromatic heterocycles. The second-order valence-corrected chi connectivity index (χ2v) is 6.17. The van der Waals surface area contributed by atoms with Gasteiger partial charge in [0.15, 0.2) is 0 Å². The van der Waals surface area contributed by atoms with Gasteiger partial charge in [-0.15, -0.1) is 13.2 Å². The highest BCUT2D eigenvalue weighted by atomic mass is 19.4. The lowest BCUT2D eigenvalue weighted by atomic mass is 9.94. The van der Waals surface area contributed by atoms with Gasteiger partial charge in [0.1, 0.15) is 5.75 Å². The number of ether oxygens (including phenoxy) is 1. The number of benzene rings is 1. The number of piperidine rings is 1. The minimum absolute atomic E-state index is 0.0468. The quantitative estimate of drug-likeness (QED) is 0.774. The van der Waals surface area contributed by atoms with Crippen LogP contribution in [0.25, 0.3) is 0 Å². The van der Waals surface area contributed by atoms with Crippen LogP contribution in [0, 0.1) is 5.41 Å². The number of halogens is 5. The fourth-order valence-corrected chi connectivity index (χ4v) is 3.24. The maximum atomic E-state index is 13.4. The standard InChI is InChI=1S/C15H16F5NO/c16-14(17)9-13(14)6-1-7-21(10-13)8-11-2-4-12(5-3-11)22-15(18,19)20/h2-5H,1,6-10H2. The number of alkyl halides is 5. The molecule has 3 rings (SSSR count). The molecule has 1 aromatic rings. The molecule has 2 nitrogen and oxygen atoms in total. The Morgan fingerprint density at radius 2 is 1.77 bits per heavy atom. The number of likely N-dealkylation sites (tertiary alicyclic amines) is 1. The molecule has 0 amide bonds. The third-order valence-electron chi connectivity index (χ3n) is 4.43. The second kappa shape index (κ2) is 5.08. The van der Waals surface area contributed by atoms with E-state index in [0.717, 1.165) is 18.5 Å². The summed E-state index contributed by atoms with van der Waals surface area (Å²) in [4.78, 5) is 1.95. The molecular weight excluding hydrogens is 305 g/mol. The molecule has 1 saturated carbocycles. The third-order valence-corrected chi connectivity index (χ3v) is 4.43. The van der Waals surface area contributed by atoms with E-state index in [2.05, 4.69) is 4.74 Å². The minimum Gasteiger partial charge on any atom is -0.406 e. The van der Waals surface area contributed by atoms with Gasteiger partial charge in [-0.25, -0.2) is 8.78 Å². The summed E-state index contributed by atoms with van der Waals surface area (Å²) in [5.41, 5.74) is -0.0829. The fraction of sp³-hybridized carbons (Fsp3) is 0.600. The highest BCUT2D eigenvalue weighted by Crippen LogP contribution is 2.64. The molecule has 1 saturated heterocycles. The van der Waals surface area contributed by atoms with Gasteiger partial charge in [-0.2, -0.15) is 0 Å². The molecule has 2 aliphatic rings. The zero-order chi connectivity index (χ0) is 16.0. The van der Waals surface area contributed by atoms with E-state index in [1.807, 2.05) is 4.90 Å². The molecule has 1 aromatic carbocycles. The van der Waals surface area contributed by atoms with Crippen LogP contribution in [0.3, 0.4) is 0 Å². The van der Waals surface area contributed by atoms with Crippen LogP contribution in [0.15, 0.2) is 24.3 Å². The summed E-state index contributed by atoms with van der Waals surface area (Å²) in [5.74, 6) is -2.84. The Balaban J connectivity index is 1.59. The molecule has 1 atom stereocenters. The van der Waals surface area contributed by atoms with Crippen molar-refractivity contribution in [3.63, 3.8) is 0 Å². The SMILES string of the molecule is FC(F)(F)Oc1ccc(CN2CCCC3(C2)CC3(F)F)cc1. The Hall–Kier alpha value is -1.37. The average Bonchev–Trinajstić information content (AvgIpc) is 2.90. The van der Waals surface area contributed by atoms with E-state index >= 15 is 0 Å². The Bertz CT molecular complexity index is 542. The van der Waals surface area contributed by atoms with Crippen LogP contribution in [0.4, 0.5) is 22.0 Å². The Labute approximate surface area is 124 Å². The van der Waals surface area contributed by atoms with Crippen molar-refractivity contribution in [3.8, 4) is 5.75 Å². The fourth-order valence-electron chi connectivity index (χ4n) is 3.24. The van der Waals surface area contributed by atoms with Gasteiger partial charge in [0.05, 0.1) is 5.41 Å². The van der Waals surface area contributed by atoms with Crippen LogP contribution in [0.2, 0.25) is 0 Å². The lowest BCUT2D eigenvalue weighted by Gasteiger charge is -2.33. The van der Waals surface area contributed by atoms with Gasteiger partial charge in [0.2, 0.25) is 0 Å². The summed E-state index contributed by atoms with van der Waals surface area (Å²) in [6, 6.07) is 5.56. The van der Waals surface area contributed by atoms with Crippen LogP contribution >= 0.6 is 0 Å². The van der Waals surface area contributed by atoms with Crippen molar-refractivity contribution in [2.75, 3.05) is 13.1 Å². The molecule has 0 bridgehead atoms. The molecule has 1 heterocycles. The van der Waals surface area contributed by atoms with Crippen LogP contribution < -0.4 is 4.74 Å². The number of rotatable bonds is 3. The molecule has 1 aliphatic heterocycles. The van der Waals surface area contributed by atoms with Crippen molar-refractivity contribution in [2.24, 2.45) is 5.41 Å². The Morgan fingerprint density at radius 3 is 2.32 bits per heavy atom. The summed E-state index contributed by atoms with van der Waals surface area (Å²) in [7, 11) is 0. The smallest absolute Gasteiger partial charge is 0.406 e. The molecule has 7 heteroatoms. The molecule has 1 spiro atoms. The van der Waals surface area contributed by atoms with Crippen molar-refractivity contribution in [1.82, 2.24) is 4.90 Å². The Morgan fingerprint density at radius 1 is 1.14 bits per heavy atom. The normalized spacial score (nSPS) is 27.9. The summed E-state index contributed by atoms with van der Waals surface area (Å²) >= 11 is 0. The van der Waals surface area contributed by atoms with E-state index < -0.39 is 17.7 Å². The first-order valence-electron chi connectivity index (χ1n) is 7.14. The predicted molar refractivity (Wildman–Crippen MR) is 69.6 cm³/mol. The van der Waals surface area contributed by atoms with Gasteiger partial charge in [0.25, 0.3) is 5.92 Å². The van der Waals surface area contributed by atoms with E-state index in [4.69, 9.17) is 0 Å². The van der Waals surface area contributed by atoms with Crippen molar-refractivity contribution in [3.05, 3.63) is 29.8 Å². The average molecular weight is 321 g/mol. The summed E-state index contributed by atoms with van der Waals surface area (Å²) < 4.78 is 66.9. The lowest BCUT2D eigenvalue weighted by Crippen LogP contribution is -2.38. The molecule has 0 radical (unpaired) electrons. The first-order valence-corrected chi connectivity index (χ1v) is 7.14. The van der Waals surface area contributed by atoms with E-state index in [1.165, 1.54) is 24.3 Å². The van der Waals surface area contributed by atoms with E-state index in [9.17, 15) is 22.0 Å². The van der Waals surface area contributed by atoms with Gasteiger partial charge in [-0.05, 0) is 37.1 Å². The zero-order valence-corrected chi connectivity index (χ0v) is 11.8. The van der Waals surface area contributed by atoms with Crippen LogP contribution in [-0.2, 0) is 6.54 Å². The van der Waals surface area contributed by atoms with Gasteiger partial charge in [0, 0.05) is 19.5 Å². The van der Waals surface area contributed by atoms with Gasteiger partial charge in [-0.1, -0.05) is 12.1 Å². The van der Waals surface area contributed by atoms with Gasteiger partial charge < -0.3 is 4.74 Å². The predicted octanol–water partition coefficient (Wildman–Crippen LogP) is 4.21. The third kappa shape index (κ3) is 3.19. The first-order chi connectivity index (χ1) is 10.2. The van der Waals surface area contributed by atoms with Crippen molar-refractivity contribution >= 4 is 0 Å². The first kappa shape index (κ1) is 15.5. The van der Waals surface area contributed by atoms with Crippen molar-refractivity contribution in [2.45, 2.75) is 38.1 Å². The molecule has 122 valence electrons. The summed E-state index contributed by atoms with van der Waals surface area (Å²) in [5, 5.41) is 0. The van der Waals surface area contributed by atoms with Crippen LogP contribution in [0.5, 0.6) is 5.75 Å². The maximum absolute atomic E-state index is 13.4. The van der Waals surface area contributed by atoms with Crippen molar-refractivity contribution in [1.29, 1.82) is 0 Å². The largest absolute Gasteiger partial charge is 0.573 e. The summed E-state index contributed by atoms with van der Waals surface area (Å²) in [6.07, 6.45) is -3.48. The monoisotopic (exact) mass is 321 g/mol. The zero-order valence-electron chi connectivity index (χ0n) is 11.8. The summed E-state index contributed by atoms with van der Waals surface area (Å²) in [6.45, 7) is 1.55. The molecule has 1 aliphatic carbocycles. The highest BCUT2D eigenvalue weighted by molar-refractivity contribution is 5.27. The van der Waals surface area contributed by atoms with E-state index in [-0.39, 0.29) is 12.2 Å². The Kier molecular flexibility index (Phi) is 3.58. The number of hydrogen-bond donors (Lipinski definition) is 0. The number of nitrogens with zero attached hydrogens (tertiary/aromatic N) is 1. The minimum atomic E-state index is -4.71. The van der Waals surface area contributed by atoms with E-state index in [0.29, 0.717) is 19.5 Å². The molecule has 22 heavy (non-hydrogen) atoms. The molecule has 1 unspecified atom stereocenters. The molecule has 2 fully saturated rings. The van der Waals surface area contributed by atoms with Crippen LogP contribution in [-0.4, -0.2) is 30.3 Å². The van der Waals surface area contributed by atoms with Gasteiger partial charge >= 0.3 is 6.36 Å². The highest BCUT2D eigenvalue weighted by Gasteiger charge is 2.71. The number of hydrogen-bond acceptors (Lipinski definition) is 2. The van der Waals surface area contributed by atoms with Crippen molar-refractivity contribution < 1.29 is 26.7 Å². The van der Waals surface area contributed by atoms with E-state index in [1.54, 1.807) is 0 Å². The lowest BCUT2D eigenvalue weighted by molar-refractivity contribution is -0.274. The van der Waals surface area contributed by atoms with Gasteiger partial charge in [-0.3, -0.25) is 4.90 Å². The van der Waals surface area contributed by atoms with Crippen LogP contribution in [0.1, 0.15) is 24.8 Å². The second-order valence-electron chi connectivity index (χ2n) is 6.17.